The third-order valence-corrected chi connectivity index (χ3v) is 4.20. The molecule has 0 amide bonds. The van der Waals surface area contributed by atoms with Gasteiger partial charge in [0.2, 0.25) is 5.89 Å². The van der Waals surface area contributed by atoms with Crippen molar-refractivity contribution < 1.29 is 4.52 Å². The van der Waals surface area contributed by atoms with Crippen molar-refractivity contribution in [1.29, 1.82) is 0 Å². The first kappa shape index (κ1) is 14.0. The molecule has 2 aromatic heterocycles. The summed E-state index contributed by atoms with van der Waals surface area (Å²) in [6.45, 7) is 2.32. The Morgan fingerprint density at radius 2 is 2.10 bits per heavy atom. The Labute approximate surface area is 131 Å². The van der Waals surface area contributed by atoms with Crippen LogP contribution < -0.4 is 4.90 Å². The first-order valence-electron chi connectivity index (χ1n) is 6.34. The minimum Gasteiger partial charge on any atom is -0.343 e. The van der Waals surface area contributed by atoms with E-state index in [1.165, 1.54) is 0 Å². The quantitative estimate of drug-likeness (QED) is 0.732. The highest BCUT2D eigenvalue weighted by Crippen LogP contribution is 2.31. The molecule has 0 aliphatic heterocycles. The van der Waals surface area contributed by atoms with Gasteiger partial charge in [-0.05, 0) is 6.07 Å². The molecule has 108 valence electrons. The fraction of sp³-hybridized carbons (Fsp3) is 0.214. The smallest absolute Gasteiger partial charge is 0.223 e. The molecule has 0 N–H and O–H groups in total. The van der Waals surface area contributed by atoms with E-state index < -0.39 is 0 Å². The van der Waals surface area contributed by atoms with Gasteiger partial charge in [-0.2, -0.15) is 4.98 Å². The fourth-order valence-corrected chi connectivity index (χ4v) is 2.94. The first-order chi connectivity index (χ1) is 10.1. The van der Waals surface area contributed by atoms with Gasteiger partial charge in [-0.15, -0.1) is 11.3 Å². The monoisotopic (exact) mass is 320 g/mol. The number of halogens is 1. The van der Waals surface area contributed by atoms with Gasteiger partial charge in [-0.1, -0.05) is 35.0 Å². The molecule has 3 aromatic rings. The highest BCUT2D eigenvalue weighted by atomic mass is 35.5. The topological polar surface area (TPSA) is 55.1 Å². The van der Waals surface area contributed by atoms with Crippen LogP contribution in [0.25, 0.3) is 11.3 Å². The Hall–Kier alpha value is -1.92. The van der Waals surface area contributed by atoms with Gasteiger partial charge in [0.15, 0.2) is 11.0 Å². The maximum Gasteiger partial charge on any atom is 0.223 e. The molecule has 5 nitrogen and oxygen atoms in total. The molecule has 0 saturated carbocycles. The predicted molar refractivity (Wildman–Crippen MR) is 83.7 cm³/mol. The van der Waals surface area contributed by atoms with Crippen LogP contribution in [-0.4, -0.2) is 22.2 Å². The molecular formula is C14H13ClN4OS. The Morgan fingerprint density at radius 1 is 1.29 bits per heavy atom. The zero-order valence-corrected chi connectivity index (χ0v) is 13.1. The van der Waals surface area contributed by atoms with Gasteiger partial charge in [-0.25, -0.2) is 4.98 Å². The number of hydrogen-bond donors (Lipinski definition) is 0. The maximum atomic E-state index is 6.20. The van der Waals surface area contributed by atoms with Crippen LogP contribution >= 0.6 is 22.9 Å². The lowest BCUT2D eigenvalue weighted by atomic mass is 10.2. The van der Waals surface area contributed by atoms with Crippen LogP contribution in [-0.2, 0) is 6.54 Å². The van der Waals surface area contributed by atoms with Crippen molar-refractivity contribution in [3.63, 3.8) is 0 Å². The van der Waals surface area contributed by atoms with Crippen molar-refractivity contribution in [2.24, 2.45) is 0 Å². The van der Waals surface area contributed by atoms with E-state index in [1.54, 1.807) is 18.3 Å². The summed E-state index contributed by atoms with van der Waals surface area (Å²) in [7, 11) is 1.95. The number of aromatic nitrogens is 3. The third-order valence-electron chi connectivity index (χ3n) is 2.92. The largest absolute Gasteiger partial charge is 0.343 e. The number of rotatable bonds is 4. The number of hydrogen-bond acceptors (Lipinski definition) is 6. The third kappa shape index (κ3) is 3.06. The Bertz CT molecular complexity index is 755. The second-order valence-electron chi connectivity index (χ2n) is 4.58. The molecule has 0 fully saturated rings. The van der Waals surface area contributed by atoms with Crippen LogP contribution in [0.15, 0.2) is 34.2 Å². The molecule has 0 radical (unpaired) electrons. The summed E-state index contributed by atoms with van der Waals surface area (Å²) in [5, 5.41) is 7.46. The SMILES string of the molecule is Cc1nc(CN(C)c2nc(-c3ccccc3Cl)cs2)no1. The van der Waals surface area contributed by atoms with Crippen molar-refractivity contribution >= 4 is 28.1 Å². The van der Waals surface area contributed by atoms with Crippen molar-refractivity contribution in [1.82, 2.24) is 15.1 Å². The van der Waals surface area contributed by atoms with Crippen LogP contribution in [0, 0.1) is 6.92 Å². The molecule has 1 aromatic carbocycles. The predicted octanol–water partition coefficient (Wildman–Crippen LogP) is 3.79. The van der Waals surface area contributed by atoms with Crippen LogP contribution in [0.4, 0.5) is 5.13 Å². The second-order valence-corrected chi connectivity index (χ2v) is 5.82. The molecule has 0 aliphatic carbocycles. The molecule has 2 heterocycles. The van der Waals surface area contributed by atoms with E-state index in [0.717, 1.165) is 16.4 Å². The van der Waals surface area contributed by atoms with Crippen LogP contribution in [0.3, 0.4) is 0 Å². The zero-order valence-electron chi connectivity index (χ0n) is 11.6. The van der Waals surface area contributed by atoms with Crippen LogP contribution in [0.5, 0.6) is 0 Å². The van der Waals surface area contributed by atoms with Gasteiger partial charge in [0.1, 0.15) is 0 Å². The number of anilines is 1. The van der Waals surface area contributed by atoms with Crippen molar-refractivity contribution in [2.45, 2.75) is 13.5 Å². The minimum absolute atomic E-state index is 0.548. The van der Waals surface area contributed by atoms with Crippen molar-refractivity contribution in [3.05, 3.63) is 46.4 Å². The number of aryl methyl sites for hydroxylation is 1. The Morgan fingerprint density at radius 3 is 2.81 bits per heavy atom. The molecular weight excluding hydrogens is 308 g/mol. The molecule has 0 unspecified atom stereocenters. The lowest BCUT2D eigenvalue weighted by Crippen LogP contribution is -2.17. The molecule has 7 heteroatoms. The molecule has 21 heavy (non-hydrogen) atoms. The van der Waals surface area contributed by atoms with E-state index >= 15 is 0 Å². The lowest BCUT2D eigenvalue weighted by Gasteiger charge is -2.12. The highest BCUT2D eigenvalue weighted by molar-refractivity contribution is 7.14. The van der Waals surface area contributed by atoms with Gasteiger partial charge in [0, 0.05) is 29.9 Å². The van der Waals surface area contributed by atoms with Gasteiger partial charge in [-0.3, -0.25) is 0 Å². The molecule has 3 rings (SSSR count). The summed E-state index contributed by atoms with van der Waals surface area (Å²) in [6.07, 6.45) is 0. The van der Waals surface area contributed by atoms with Crippen molar-refractivity contribution in [2.75, 3.05) is 11.9 Å². The summed E-state index contributed by atoms with van der Waals surface area (Å²) >= 11 is 7.76. The Kier molecular flexibility index (Phi) is 3.90. The van der Waals surface area contributed by atoms with Gasteiger partial charge in [0.25, 0.3) is 0 Å². The molecule has 0 bridgehead atoms. The van der Waals surface area contributed by atoms with E-state index in [2.05, 4.69) is 15.1 Å². The normalized spacial score (nSPS) is 10.8. The summed E-state index contributed by atoms with van der Waals surface area (Å²) in [4.78, 5) is 10.8. The van der Waals surface area contributed by atoms with Crippen LogP contribution in [0.2, 0.25) is 5.02 Å². The van der Waals surface area contributed by atoms with Gasteiger partial charge < -0.3 is 9.42 Å². The molecule has 0 spiro atoms. The molecule has 0 aliphatic rings. The highest BCUT2D eigenvalue weighted by Gasteiger charge is 2.13. The van der Waals surface area contributed by atoms with E-state index in [4.69, 9.17) is 16.1 Å². The average molecular weight is 321 g/mol. The fourth-order valence-electron chi connectivity index (χ4n) is 1.92. The van der Waals surface area contributed by atoms with E-state index in [0.29, 0.717) is 23.3 Å². The summed E-state index contributed by atoms with van der Waals surface area (Å²) in [6, 6.07) is 7.68. The zero-order chi connectivity index (χ0) is 14.8. The van der Waals surface area contributed by atoms with Crippen molar-refractivity contribution in [3.8, 4) is 11.3 Å². The maximum absolute atomic E-state index is 6.20. The lowest BCUT2D eigenvalue weighted by molar-refractivity contribution is 0.387. The standard InChI is InChI=1S/C14H13ClN4OS/c1-9-16-13(18-20-9)7-19(2)14-17-12(8-21-14)10-5-3-4-6-11(10)15/h3-6,8H,7H2,1-2H3. The van der Waals surface area contributed by atoms with E-state index in [1.807, 2.05) is 41.6 Å². The Balaban J connectivity index is 1.80. The molecule has 0 atom stereocenters. The number of nitrogens with zero attached hydrogens (tertiary/aromatic N) is 4. The summed E-state index contributed by atoms with van der Waals surface area (Å²) in [5.41, 5.74) is 1.81. The van der Waals surface area contributed by atoms with Gasteiger partial charge in [0.05, 0.1) is 12.2 Å². The minimum atomic E-state index is 0.548. The average Bonchev–Trinajstić information content (AvgIpc) is 3.09. The first-order valence-corrected chi connectivity index (χ1v) is 7.60. The second kappa shape index (κ2) is 5.83. The van der Waals surface area contributed by atoms with E-state index in [9.17, 15) is 0 Å². The van der Waals surface area contributed by atoms with Crippen LogP contribution in [0.1, 0.15) is 11.7 Å². The number of thiazole rings is 1. The summed E-state index contributed by atoms with van der Waals surface area (Å²) in [5.74, 6) is 1.21. The number of benzene rings is 1. The van der Waals surface area contributed by atoms with Gasteiger partial charge >= 0.3 is 0 Å². The summed E-state index contributed by atoms with van der Waals surface area (Å²) < 4.78 is 4.97. The molecule has 0 saturated heterocycles. The van der Waals surface area contributed by atoms with E-state index in [-0.39, 0.29) is 0 Å².